The van der Waals surface area contributed by atoms with Crippen molar-refractivity contribution in [1.29, 1.82) is 0 Å². The number of nitrogens with one attached hydrogen (secondary N) is 1. The van der Waals surface area contributed by atoms with E-state index in [0.717, 1.165) is 32.5 Å². The van der Waals surface area contributed by atoms with Gasteiger partial charge in [-0.3, -0.25) is 4.79 Å². The van der Waals surface area contributed by atoms with Crippen LogP contribution in [0.3, 0.4) is 0 Å². The first-order valence-corrected chi connectivity index (χ1v) is 8.03. The summed E-state index contributed by atoms with van der Waals surface area (Å²) in [4.78, 5) is 14.6. The summed E-state index contributed by atoms with van der Waals surface area (Å²) in [5, 5.41) is 3.05. The van der Waals surface area contributed by atoms with Crippen molar-refractivity contribution < 1.29 is 13.9 Å². The molecule has 122 valence electrons. The first-order chi connectivity index (χ1) is 10.6. The number of likely N-dealkylation sites (tertiary alicyclic amines) is 1. The molecule has 1 aromatic carbocycles. The van der Waals surface area contributed by atoms with Gasteiger partial charge in [-0.1, -0.05) is 6.92 Å². The molecule has 1 heterocycles. The zero-order valence-electron chi connectivity index (χ0n) is 13.3. The number of ether oxygens (including phenoxy) is 1. The molecule has 0 bridgehead atoms. The number of rotatable bonds is 6. The lowest BCUT2D eigenvalue weighted by Gasteiger charge is -2.32. The monoisotopic (exact) mass is 308 g/mol. The molecule has 0 spiro atoms. The van der Waals surface area contributed by atoms with E-state index in [9.17, 15) is 9.18 Å². The maximum absolute atomic E-state index is 12.8. The molecule has 0 unspecified atom stereocenters. The molecule has 2 rings (SSSR count). The topological polar surface area (TPSA) is 41.6 Å². The van der Waals surface area contributed by atoms with E-state index in [4.69, 9.17) is 4.74 Å². The SMILES string of the molecule is CCCN1CCC(NC(=O)[C@@H](C)Oc2ccc(F)cc2)CC1. The highest BCUT2D eigenvalue weighted by atomic mass is 19.1. The smallest absolute Gasteiger partial charge is 0.260 e. The average molecular weight is 308 g/mol. The molecule has 1 saturated heterocycles. The van der Waals surface area contributed by atoms with Crippen LogP contribution in [0.25, 0.3) is 0 Å². The van der Waals surface area contributed by atoms with Crippen molar-refractivity contribution in [2.45, 2.75) is 45.3 Å². The maximum Gasteiger partial charge on any atom is 0.260 e. The van der Waals surface area contributed by atoms with Gasteiger partial charge in [-0.15, -0.1) is 0 Å². The fraction of sp³-hybridized carbons (Fsp3) is 0.588. The summed E-state index contributed by atoms with van der Waals surface area (Å²) in [5.74, 6) is 0.0726. The van der Waals surface area contributed by atoms with Gasteiger partial charge in [0.05, 0.1) is 0 Å². The van der Waals surface area contributed by atoms with Crippen molar-refractivity contribution in [2.75, 3.05) is 19.6 Å². The molecule has 0 aromatic heterocycles. The van der Waals surface area contributed by atoms with E-state index in [1.165, 1.54) is 30.7 Å². The number of carbonyl (C=O) groups is 1. The van der Waals surface area contributed by atoms with Crippen LogP contribution in [0.2, 0.25) is 0 Å². The lowest BCUT2D eigenvalue weighted by molar-refractivity contribution is -0.128. The molecule has 4 nitrogen and oxygen atoms in total. The fourth-order valence-electron chi connectivity index (χ4n) is 2.71. The zero-order valence-corrected chi connectivity index (χ0v) is 13.3. The van der Waals surface area contributed by atoms with E-state index in [1.807, 2.05) is 0 Å². The Balaban J connectivity index is 1.76. The van der Waals surface area contributed by atoms with Crippen LogP contribution in [0.4, 0.5) is 4.39 Å². The Morgan fingerprint density at radius 2 is 2.00 bits per heavy atom. The van der Waals surface area contributed by atoms with Gasteiger partial charge in [0.2, 0.25) is 0 Å². The number of benzene rings is 1. The van der Waals surface area contributed by atoms with E-state index in [2.05, 4.69) is 17.1 Å². The molecule has 1 aromatic rings. The molecular formula is C17H25FN2O2. The Morgan fingerprint density at radius 1 is 1.36 bits per heavy atom. The summed E-state index contributed by atoms with van der Waals surface area (Å²) in [7, 11) is 0. The first-order valence-electron chi connectivity index (χ1n) is 8.03. The average Bonchev–Trinajstić information content (AvgIpc) is 2.51. The van der Waals surface area contributed by atoms with Crippen molar-refractivity contribution in [3.63, 3.8) is 0 Å². The number of halogens is 1. The van der Waals surface area contributed by atoms with Gasteiger partial charge in [-0.2, -0.15) is 0 Å². The second kappa shape index (κ2) is 8.13. The minimum absolute atomic E-state index is 0.113. The molecule has 0 saturated carbocycles. The van der Waals surface area contributed by atoms with Crippen LogP contribution >= 0.6 is 0 Å². The van der Waals surface area contributed by atoms with Crippen molar-refractivity contribution in [3.05, 3.63) is 30.1 Å². The van der Waals surface area contributed by atoms with Crippen LogP contribution < -0.4 is 10.1 Å². The van der Waals surface area contributed by atoms with Crippen LogP contribution in [-0.2, 0) is 4.79 Å². The second-order valence-corrected chi connectivity index (χ2v) is 5.84. The van der Waals surface area contributed by atoms with E-state index in [0.29, 0.717) is 5.75 Å². The Bertz CT molecular complexity index is 470. The molecule has 0 aliphatic carbocycles. The Kier molecular flexibility index (Phi) is 6.19. The normalized spacial score (nSPS) is 18.0. The van der Waals surface area contributed by atoms with Gasteiger partial charge in [0.15, 0.2) is 6.10 Å². The predicted molar refractivity (Wildman–Crippen MR) is 84.4 cm³/mol. The minimum atomic E-state index is -0.584. The van der Waals surface area contributed by atoms with Crippen LogP contribution in [-0.4, -0.2) is 42.6 Å². The summed E-state index contributed by atoms with van der Waals surface area (Å²) >= 11 is 0. The molecule has 1 aliphatic heterocycles. The number of hydrogen-bond acceptors (Lipinski definition) is 3. The van der Waals surface area contributed by atoms with Gasteiger partial charge >= 0.3 is 0 Å². The van der Waals surface area contributed by atoms with E-state index < -0.39 is 6.10 Å². The molecule has 1 N–H and O–H groups in total. The summed E-state index contributed by atoms with van der Waals surface area (Å²) in [5.41, 5.74) is 0. The molecule has 22 heavy (non-hydrogen) atoms. The van der Waals surface area contributed by atoms with Crippen LogP contribution in [0, 0.1) is 5.82 Å². The molecule has 1 amide bonds. The minimum Gasteiger partial charge on any atom is -0.481 e. The molecular weight excluding hydrogens is 283 g/mol. The van der Waals surface area contributed by atoms with Crippen molar-refractivity contribution >= 4 is 5.91 Å². The van der Waals surface area contributed by atoms with Crippen molar-refractivity contribution in [3.8, 4) is 5.75 Å². The molecule has 1 aliphatic rings. The highest BCUT2D eigenvalue weighted by Crippen LogP contribution is 2.14. The second-order valence-electron chi connectivity index (χ2n) is 5.84. The standard InChI is InChI=1S/C17H25FN2O2/c1-3-10-20-11-8-15(9-12-20)19-17(21)13(2)22-16-6-4-14(18)5-7-16/h4-7,13,15H,3,8-12H2,1-2H3,(H,19,21)/t13-/m1/s1. The molecule has 1 fully saturated rings. The number of hydrogen-bond donors (Lipinski definition) is 1. The molecule has 5 heteroatoms. The van der Waals surface area contributed by atoms with Gasteiger partial charge in [0, 0.05) is 19.1 Å². The third-order valence-corrected chi connectivity index (χ3v) is 3.97. The number of amides is 1. The predicted octanol–water partition coefficient (Wildman–Crippen LogP) is 2.58. The van der Waals surface area contributed by atoms with Crippen LogP contribution in [0.1, 0.15) is 33.1 Å². The van der Waals surface area contributed by atoms with Gasteiger partial charge in [-0.05, 0) is 57.0 Å². The van der Waals surface area contributed by atoms with Crippen molar-refractivity contribution in [1.82, 2.24) is 10.2 Å². The van der Waals surface area contributed by atoms with Crippen LogP contribution in [0.5, 0.6) is 5.75 Å². The largest absolute Gasteiger partial charge is 0.481 e. The third kappa shape index (κ3) is 4.98. The Hall–Kier alpha value is -1.62. The first kappa shape index (κ1) is 16.7. The fourth-order valence-corrected chi connectivity index (χ4v) is 2.71. The summed E-state index contributed by atoms with van der Waals surface area (Å²) in [6, 6.07) is 5.93. The Morgan fingerprint density at radius 3 is 2.59 bits per heavy atom. The highest BCUT2D eigenvalue weighted by Gasteiger charge is 2.23. The molecule has 0 radical (unpaired) electrons. The maximum atomic E-state index is 12.8. The lowest BCUT2D eigenvalue weighted by Crippen LogP contribution is -2.48. The zero-order chi connectivity index (χ0) is 15.9. The van der Waals surface area contributed by atoms with Gasteiger partial charge < -0.3 is 15.0 Å². The van der Waals surface area contributed by atoms with Crippen molar-refractivity contribution in [2.24, 2.45) is 0 Å². The van der Waals surface area contributed by atoms with E-state index in [1.54, 1.807) is 6.92 Å². The van der Waals surface area contributed by atoms with Gasteiger partial charge in [0.25, 0.3) is 5.91 Å². The highest BCUT2D eigenvalue weighted by molar-refractivity contribution is 5.81. The van der Waals surface area contributed by atoms with E-state index >= 15 is 0 Å². The lowest BCUT2D eigenvalue weighted by atomic mass is 10.0. The van der Waals surface area contributed by atoms with Gasteiger partial charge in [-0.25, -0.2) is 4.39 Å². The third-order valence-electron chi connectivity index (χ3n) is 3.97. The summed E-state index contributed by atoms with van der Waals surface area (Å²) < 4.78 is 18.4. The quantitative estimate of drug-likeness (QED) is 0.878. The number of nitrogens with zero attached hydrogens (tertiary/aromatic N) is 1. The van der Waals surface area contributed by atoms with Crippen LogP contribution in [0.15, 0.2) is 24.3 Å². The van der Waals surface area contributed by atoms with Gasteiger partial charge in [0.1, 0.15) is 11.6 Å². The molecule has 1 atom stereocenters. The Labute approximate surface area is 131 Å². The number of carbonyl (C=O) groups excluding carboxylic acids is 1. The number of piperidine rings is 1. The summed E-state index contributed by atoms with van der Waals surface area (Å²) in [6.45, 7) is 7.09. The summed E-state index contributed by atoms with van der Waals surface area (Å²) in [6.07, 6.45) is 2.54. The van der Waals surface area contributed by atoms with E-state index in [-0.39, 0.29) is 17.8 Å².